The number of β-amino-alcohol motifs (C(OH)–C–C–N with tert-alkyl or cyclic N) is 1. The molecule has 1 aromatic carbocycles. The lowest BCUT2D eigenvalue weighted by molar-refractivity contribution is -0.142. The molecular weight excluding hydrogens is 418 g/mol. The van der Waals surface area contributed by atoms with Gasteiger partial charge in [-0.1, -0.05) is 24.3 Å². The van der Waals surface area contributed by atoms with Crippen molar-refractivity contribution >= 4 is 11.9 Å². The second-order valence-corrected chi connectivity index (χ2v) is 9.73. The van der Waals surface area contributed by atoms with E-state index in [9.17, 15) is 9.90 Å². The Kier molecular flexibility index (Phi) is 5.52. The molecule has 4 atom stereocenters. The van der Waals surface area contributed by atoms with E-state index in [0.29, 0.717) is 44.4 Å². The number of aromatic nitrogens is 2. The number of benzene rings is 1. The zero-order valence-electron chi connectivity index (χ0n) is 18.8. The van der Waals surface area contributed by atoms with Gasteiger partial charge in [-0.2, -0.15) is 0 Å². The number of amides is 1. The topological polar surface area (TPSA) is 90.8 Å². The molecule has 0 spiro atoms. The molecule has 0 radical (unpaired) electrons. The number of nitrogens with zero attached hydrogens (tertiary/aromatic N) is 4. The van der Waals surface area contributed by atoms with E-state index in [1.807, 2.05) is 34.3 Å². The molecule has 3 fully saturated rings. The number of piperidine rings is 1. The number of hydrogen-bond acceptors (Lipinski definition) is 7. The van der Waals surface area contributed by atoms with Gasteiger partial charge >= 0.3 is 0 Å². The van der Waals surface area contributed by atoms with E-state index >= 15 is 0 Å². The van der Waals surface area contributed by atoms with Crippen LogP contribution in [0.3, 0.4) is 0 Å². The van der Waals surface area contributed by atoms with E-state index in [2.05, 4.69) is 27.4 Å². The lowest BCUT2D eigenvalue weighted by Crippen LogP contribution is -2.55. The molecule has 4 aliphatic rings. The number of hydrogen-bond donors (Lipinski definition) is 2. The number of ether oxygens (including phenoxy) is 1. The fourth-order valence-corrected chi connectivity index (χ4v) is 5.48. The molecule has 1 unspecified atom stereocenters. The number of nitrogens with one attached hydrogen (secondary N) is 1. The van der Waals surface area contributed by atoms with Gasteiger partial charge in [-0.3, -0.25) is 4.79 Å². The molecule has 0 bridgehead atoms. The smallest absolute Gasteiger partial charge is 0.252 e. The predicted molar refractivity (Wildman–Crippen MR) is 123 cm³/mol. The largest absolute Gasteiger partial charge is 0.389 e. The number of carbonyl (C=O) groups excluding carboxylic acids is 1. The average Bonchev–Trinajstić information content (AvgIpc) is 3.52. The predicted octanol–water partition coefficient (Wildman–Crippen LogP) is 1.76. The summed E-state index contributed by atoms with van der Waals surface area (Å²) in [6.45, 7) is 3.11. The monoisotopic (exact) mass is 449 g/mol. The lowest BCUT2D eigenvalue weighted by Gasteiger charge is -2.40. The summed E-state index contributed by atoms with van der Waals surface area (Å²) in [5, 5.41) is 14.4. The molecule has 33 heavy (non-hydrogen) atoms. The first-order valence-corrected chi connectivity index (χ1v) is 12.2. The molecule has 2 N–H and O–H groups in total. The average molecular weight is 450 g/mol. The summed E-state index contributed by atoms with van der Waals surface area (Å²) in [7, 11) is 0. The van der Waals surface area contributed by atoms with Crippen molar-refractivity contribution in [3.63, 3.8) is 0 Å². The lowest BCUT2D eigenvalue weighted by atomic mass is 10.0. The van der Waals surface area contributed by atoms with Crippen molar-refractivity contribution in [1.29, 1.82) is 0 Å². The van der Waals surface area contributed by atoms with E-state index in [-0.39, 0.29) is 18.0 Å². The third-order valence-electron chi connectivity index (χ3n) is 7.56. The highest BCUT2D eigenvalue weighted by Crippen LogP contribution is 2.39. The fourth-order valence-electron chi connectivity index (χ4n) is 5.48. The van der Waals surface area contributed by atoms with Crippen LogP contribution in [0.2, 0.25) is 0 Å². The Bertz CT molecular complexity index is 1010. The maximum absolute atomic E-state index is 13.1. The van der Waals surface area contributed by atoms with Crippen LogP contribution in [-0.2, 0) is 16.1 Å². The van der Waals surface area contributed by atoms with Gasteiger partial charge < -0.3 is 25.0 Å². The quantitative estimate of drug-likeness (QED) is 0.694. The van der Waals surface area contributed by atoms with Crippen molar-refractivity contribution in [3.05, 3.63) is 53.3 Å². The Morgan fingerprint density at radius 2 is 1.91 bits per heavy atom. The van der Waals surface area contributed by atoms with Crippen molar-refractivity contribution in [2.45, 2.75) is 62.4 Å². The molecular formula is C25H31N5O3. The molecule has 174 valence electrons. The van der Waals surface area contributed by atoms with Crippen LogP contribution in [0.15, 0.2) is 36.7 Å². The van der Waals surface area contributed by atoms with Gasteiger partial charge in [0.1, 0.15) is 6.10 Å². The molecule has 2 saturated heterocycles. The molecule has 1 aromatic heterocycles. The Labute approximate surface area is 194 Å². The summed E-state index contributed by atoms with van der Waals surface area (Å²) in [4.78, 5) is 26.0. The number of likely N-dealkylation sites (tertiary alicyclic amines) is 1. The van der Waals surface area contributed by atoms with E-state index in [4.69, 9.17) is 4.74 Å². The van der Waals surface area contributed by atoms with Gasteiger partial charge in [-0.15, -0.1) is 0 Å². The normalized spacial score (nSPS) is 29.5. The second-order valence-electron chi connectivity index (χ2n) is 9.73. The Hall–Kier alpha value is -2.55. The number of carbonyl (C=O) groups is 1. The fraction of sp³-hybridized carbons (Fsp3) is 0.560. The minimum atomic E-state index is -0.628. The number of aliphatic hydroxyl groups is 1. The van der Waals surface area contributed by atoms with Gasteiger partial charge in [0.25, 0.3) is 5.91 Å². The maximum atomic E-state index is 13.1. The molecule has 1 aliphatic carbocycles. The zero-order valence-corrected chi connectivity index (χ0v) is 18.8. The van der Waals surface area contributed by atoms with E-state index in [1.54, 1.807) is 0 Å². The number of fused-ring (bicyclic) bond motifs is 1. The Morgan fingerprint density at radius 3 is 2.70 bits per heavy atom. The van der Waals surface area contributed by atoms with Gasteiger partial charge in [0, 0.05) is 45.0 Å². The summed E-state index contributed by atoms with van der Waals surface area (Å²) < 4.78 is 6.07. The van der Waals surface area contributed by atoms with Crippen molar-refractivity contribution in [3.8, 4) is 0 Å². The molecule has 1 amide bonds. The van der Waals surface area contributed by atoms with Gasteiger partial charge in [0.2, 0.25) is 5.95 Å². The minimum absolute atomic E-state index is 0.00354. The van der Waals surface area contributed by atoms with E-state index in [1.165, 1.54) is 29.5 Å². The van der Waals surface area contributed by atoms with Crippen LogP contribution in [0, 0.1) is 0 Å². The van der Waals surface area contributed by atoms with Crippen LogP contribution in [0.4, 0.5) is 5.95 Å². The molecule has 3 aliphatic heterocycles. The van der Waals surface area contributed by atoms with E-state index < -0.39 is 12.2 Å². The third-order valence-corrected chi connectivity index (χ3v) is 7.56. The summed E-state index contributed by atoms with van der Waals surface area (Å²) in [5.74, 6) is 1.30. The number of rotatable bonds is 6. The maximum Gasteiger partial charge on any atom is 0.252 e. The minimum Gasteiger partial charge on any atom is -0.389 e. The number of aliphatic hydroxyl groups excluding tert-OH is 1. The Balaban J connectivity index is 1.03. The van der Waals surface area contributed by atoms with Crippen molar-refractivity contribution < 1.29 is 14.6 Å². The number of anilines is 1. The van der Waals surface area contributed by atoms with Crippen LogP contribution in [-0.4, -0.2) is 70.4 Å². The second kappa shape index (κ2) is 8.66. The summed E-state index contributed by atoms with van der Waals surface area (Å²) >= 11 is 0. The highest BCUT2D eigenvalue weighted by Gasteiger charge is 2.42. The van der Waals surface area contributed by atoms with Crippen LogP contribution in [0.5, 0.6) is 0 Å². The first-order chi connectivity index (χ1) is 16.2. The molecule has 4 heterocycles. The van der Waals surface area contributed by atoms with Gasteiger partial charge in [-0.05, 0) is 41.9 Å². The van der Waals surface area contributed by atoms with Gasteiger partial charge in [0.05, 0.1) is 24.8 Å². The first kappa shape index (κ1) is 21.0. The van der Waals surface area contributed by atoms with E-state index in [0.717, 1.165) is 13.1 Å². The standard InChI is InChI=1S/C25H31N5O3/c31-22-14-29(25-27-12-18(13-28-25)16-5-6-16)9-7-21(22)30-10-8-23(24(30)32)33-15-20-19-4-2-1-3-17(19)11-26-20/h1-4,12-13,16,20-23,26,31H,5-11,14-15H2/t20?,21-,22-,23-/m1/s1. The molecule has 1 saturated carbocycles. The molecule has 8 nitrogen and oxygen atoms in total. The van der Waals surface area contributed by atoms with Crippen molar-refractivity contribution in [2.75, 3.05) is 31.1 Å². The highest BCUT2D eigenvalue weighted by molar-refractivity contribution is 5.83. The summed E-state index contributed by atoms with van der Waals surface area (Å²) in [5.41, 5.74) is 3.76. The van der Waals surface area contributed by atoms with Crippen LogP contribution >= 0.6 is 0 Å². The Morgan fingerprint density at radius 1 is 1.09 bits per heavy atom. The van der Waals surface area contributed by atoms with Crippen molar-refractivity contribution in [1.82, 2.24) is 20.2 Å². The van der Waals surface area contributed by atoms with Gasteiger partial charge in [0.15, 0.2) is 0 Å². The van der Waals surface area contributed by atoms with Crippen LogP contribution in [0.25, 0.3) is 0 Å². The molecule has 2 aromatic rings. The molecule has 6 rings (SSSR count). The SMILES string of the molecule is O=C1[C@H](OCC2NCc3ccccc32)CCN1[C@@H]1CCN(c2ncc(C3CC3)cn2)C[C@H]1O. The summed E-state index contributed by atoms with van der Waals surface area (Å²) in [6.07, 6.45) is 6.61. The zero-order chi connectivity index (χ0) is 22.4. The van der Waals surface area contributed by atoms with Crippen LogP contribution in [0.1, 0.15) is 54.3 Å². The summed E-state index contributed by atoms with van der Waals surface area (Å²) in [6, 6.07) is 8.29. The first-order valence-electron chi connectivity index (χ1n) is 12.2. The van der Waals surface area contributed by atoms with Crippen molar-refractivity contribution in [2.24, 2.45) is 0 Å². The van der Waals surface area contributed by atoms with Crippen LogP contribution < -0.4 is 10.2 Å². The highest BCUT2D eigenvalue weighted by atomic mass is 16.5. The van der Waals surface area contributed by atoms with Gasteiger partial charge in [-0.25, -0.2) is 9.97 Å². The molecule has 8 heteroatoms. The third kappa shape index (κ3) is 4.11.